The Labute approximate surface area is 168 Å². The Morgan fingerprint density at radius 1 is 1.19 bits per heavy atom. The fraction of sp³-hybridized carbons (Fsp3) is 0.250. The second-order valence-corrected chi connectivity index (χ2v) is 7.68. The number of carbonyl (C=O) groups excluding carboxylic acids is 1. The standard InChI is InChI=1S/C20H22N4OS2/c1-15-7-9-17(10-8-15)19-22-23-20(26)24(19)13-18(25)21-11-12-27-14-16-5-3-2-4-6-16/h2-10H,11-14H2,1H3,(H,21,25)(H,23,26). The summed E-state index contributed by atoms with van der Waals surface area (Å²) in [5, 5.41) is 10.0. The number of H-pyrrole nitrogens is 1. The zero-order chi connectivity index (χ0) is 19.1. The van der Waals surface area contributed by atoms with Gasteiger partial charge in [0.15, 0.2) is 10.6 Å². The summed E-state index contributed by atoms with van der Waals surface area (Å²) in [6.07, 6.45) is 0. The number of rotatable bonds is 8. The highest BCUT2D eigenvalue weighted by molar-refractivity contribution is 7.98. The SMILES string of the molecule is Cc1ccc(-c2n[nH]c(=S)n2CC(=O)NCCSCc2ccccc2)cc1. The van der Waals surface area contributed by atoms with Crippen LogP contribution in [0.2, 0.25) is 0 Å². The first-order valence-electron chi connectivity index (χ1n) is 8.74. The lowest BCUT2D eigenvalue weighted by molar-refractivity contribution is -0.121. The lowest BCUT2D eigenvalue weighted by Gasteiger charge is -2.08. The fourth-order valence-electron chi connectivity index (χ4n) is 2.61. The molecule has 2 aromatic carbocycles. The monoisotopic (exact) mass is 398 g/mol. The molecule has 0 aliphatic rings. The average Bonchev–Trinajstić information content (AvgIpc) is 3.03. The van der Waals surface area contributed by atoms with E-state index in [1.807, 2.05) is 49.4 Å². The summed E-state index contributed by atoms with van der Waals surface area (Å²) >= 11 is 7.09. The average molecular weight is 399 g/mol. The van der Waals surface area contributed by atoms with Crippen molar-refractivity contribution in [1.82, 2.24) is 20.1 Å². The lowest BCUT2D eigenvalue weighted by Crippen LogP contribution is -2.29. The molecule has 140 valence electrons. The minimum atomic E-state index is -0.0684. The molecule has 0 atom stereocenters. The summed E-state index contributed by atoms with van der Waals surface area (Å²) in [7, 11) is 0. The molecule has 0 unspecified atom stereocenters. The van der Waals surface area contributed by atoms with Crippen molar-refractivity contribution in [1.29, 1.82) is 0 Å². The molecular formula is C20H22N4OS2. The van der Waals surface area contributed by atoms with Gasteiger partial charge >= 0.3 is 0 Å². The number of nitrogens with zero attached hydrogens (tertiary/aromatic N) is 2. The zero-order valence-electron chi connectivity index (χ0n) is 15.1. The molecule has 0 radical (unpaired) electrons. The van der Waals surface area contributed by atoms with Crippen molar-refractivity contribution >= 4 is 29.9 Å². The first kappa shape index (κ1) is 19.4. The Kier molecular flexibility index (Phi) is 6.84. The van der Waals surface area contributed by atoms with Crippen LogP contribution in [0.3, 0.4) is 0 Å². The van der Waals surface area contributed by atoms with Crippen LogP contribution < -0.4 is 5.32 Å². The Hall–Kier alpha value is -2.38. The van der Waals surface area contributed by atoms with E-state index < -0.39 is 0 Å². The van der Waals surface area contributed by atoms with E-state index in [0.29, 0.717) is 17.1 Å². The highest BCUT2D eigenvalue weighted by Crippen LogP contribution is 2.17. The van der Waals surface area contributed by atoms with E-state index >= 15 is 0 Å². The van der Waals surface area contributed by atoms with E-state index in [2.05, 4.69) is 27.6 Å². The van der Waals surface area contributed by atoms with Gasteiger partial charge in [0.2, 0.25) is 5.91 Å². The highest BCUT2D eigenvalue weighted by Gasteiger charge is 2.12. The molecule has 3 aromatic rings. The maximum Gasteiger partial charge on any atom is 0.240 e. The number of amides is 1. The van der Waals surface area contributed by atoms with Crippen LogP contribution in [0.1, 0.15) is 11.1 Å². The first-order valence-corrected chi connectivity index (χ1v) is 10.3. The van der Waals surface area contributed by atoms with Crippen LogP contribution in [-0.4, -0.2) is 33.0 Å². The van der Waals surface area contributed by atoms with Crippen LogP contribution in [0.15, 0.2) is 54.6 Å². The summed E-state index contributed by atoms with van der Waals surface area (Å²) in [6, 6.07) is 18.3. The maximum absolute atomic E-state index is 12.3. The molecule has 0 aliphatic heterocycles. The molecule has 0 saturated carbocycles. The topological polar surface area (TPSA) is 62.7 Å². The van der Waals surface area contributed by atoms with Gasteiger partial charge < -0.3 is 5.32 Å². The molecule has 27 heavy (non-hydrogen) atoms. The van der Waals surface area contributed by atoms with Gasteiger partial charge in [0.05, 0.1) is 0 Å². The Morgan fingerprint density at radius 3 is 2.67 bits per heavy atom. The van der Waals surface area contributed by atoms with E-state index in [9.17, 15) is 4.79 Å². The van der Waals surface area contributed by atoms with E-state index in [4.69, 9.17) is 12.2 Å². The van der Waals surface area contributed by atoms with Gasteiger partial charge in [-0.15, -0.1) is 0 Å². The summed E-state index contributed by atoms with van der Waals surface area (Å²) in [5.74, 6) is 2.42. The molecule has 5 nitrogen and oxygen atoms in total. The van der Waals surface area contributed by atoms with Gasteiger partial charge in [0, 0.05) is 23.6 Å². The Morgan fingerprint density at radius 2 is 1.93 bits per heavy atom. The number of benzene rings is 2. The molecule has 0 saturated heterocycles. The third-order valence-corrected chi connectivity index (χ3v) is 5.39. The van der Waals surface area contributed by atoms with Gasteiger partial charge in [-0.3, -0.25) is 14.5 Å². The maximum atomic E-state index is 12.3. The predicted molar refractivity (Wildman–Crippen MR) is 113 cm³/mol. The van der Waals surface area contributed by atoms with E-state index in [0.717, 1.165) is 17.1 Å². The molecule has 1 aromatic heterocycles. The van der Waals surface area contributed by atoms with Crippen LogP contribution in [-0.2, 0) is 17.1 Å². The zero-order valence-corrected chi connectivity index (χ0v) is 16.8. The van der Waals surface area contributed by atoms with Crippen molar-refractivity contribution in [2.24, 2.45) is 0 Å². The molecular weight excluding hydrogens is 376 g/mol. The van der Waals surface area contributed by atoms with Gasteiger partial charge in [-0.2, -0.15) is 16.9 Å². The van der Waals surface area contributed by atoms with Crippen LogP contribution in [0.4, 0.5) is 0 Å². The van der Waals surface area contributed by atoms with Gasteiger partial charge in [-0.1, -0.05) is 60.2 Å². The number of hydrogen-bond acceptors (Lipinski definition) is 4. The van der Waals surface area contributed by atoms with E-state index in [-0.39, 0.29) is 12.5 Å². The number of nitrogens with one attached hydrogen (secondary N) is 2. The van der Waals surface area contributed by atoms with Crippen molar-refractivity contribution in [2.75, 3.05) is 12.3 Å². The van der Waals surface area contributed by atoms with Gasteiger partial charge in [-0.25, -0.2) is 0 Å². The highest BCUT2D eigenvalue weighted by atomic mass is 32.2. The molecule has 7 heteroatoms. The Bertz CT molecular complexity index is 933. The van der Waals surface area contributed by atoms with Crippen LogP contribution >= 0.6 is 24.0 Å². The lowest BCUT2D eigenvalue weighted by atomic mass is 10.1. The molecule has 0 bridgehead atoms. The minimum Gasteiger partial charge on any atom is -0.354 e. The summed E-state index contributed by atoms with van der Waals surface area (Å²) < 4.78 is 2.17. The van der Waals surface area contributed by atoms with Crippen molar-refractivity contribution in [3.8, 4) is 11.4 Å². The van der Waals surface area contributed by atoms with E-state index in [1.54, 1.807) is 16.3 Å². The molecule has 3 rings (SSSR count). The number of aromatic amines is 1. The second-order valence-electron chi connectivity index (χ2n) is 6.19. The summed E-state index contributed by atoms with van der Waals surface area (Å²) in [4.78, 5) is 12.3. The number of hydrogen-bond donors (Lipinski definition) is 2. The van der Waals surface area contributed by atoms with Crippen molar-refractivity contribution in [3.63, 3.8) is 0 Å². The fourth-order valence-corrected chi connectivity index (χ4v) is 3.63. The van der Waals surface area contributed by atoms with Crippen LogP contribution in [0.25, 0.3) is 11.4 Å². The van der Waals surface area contributed by atoms with Gasteiger partial charge in [0.1, 0.15) is 6.54 Å². The van der Waals surface area contributed by atoms with Crippen LogP contribution in [0, 0.1) is 11.7 Å². The molecule has 1 heterocycles. The minimum absolute atomic E-state index is 0.0684. The molecule has 2 N–H and O–H groups in total. The number of aromatic nitrogens is 3. The number of thioether (sulfide) groups is 1. The van der Waals surface area contributed by atoms with Gasteiger partial charge in [0.25, 0.3) is 0 Å². The van der Waals surface area contributed by atoms with Crippen LogP contribution in [0.5, 0.6) is 0 Å². The Balaban J connectivity index is 1.50. The number of aryl methyl sites for hydroxylation is 1. The first-order chi connectivity index (χ1) is 13.1. The molecule has 0 fully saturated rings. The van der Waals surface area contributed by atoms with E-state index in [1.165, 1.54) is 11.1 Å². The summed E-state index contributed by atoms with van der Waals surface area (Å²) in [6.45, 7) is 2.81. The molecule has 1 amide bonds. The second kappa shape index (κ2) is 9.53. The predicted octanol–water partition coefficient (Wildman–Crippen LogP) is 3.97. The number of carbonyl (C=O) groups is 1. The smallest absolute Gasteiger partial charge is 0.240 e. The summed E-state index contributed by atoms with van der Waals surface area (Å²) in [5.41, 5.74) is 3.39. The molecule has 0 aliphatic carbocycles. The van der Waals surface area contributed by atoms with Crippen molar-refractivity contribution < 1.29 is 4.79 Å². The third-order valence-electron chi connectivity index (χ3n) is 4.05. The largest absolute Gasteiger partial charge is 0.354 e. The third kappa shape index (κ3) is 5.55. The molecule has 0 spiro atoms. The quantitative estimate of drug-likeness (QED) is 0.445. The van der Waals surface area contributed by atoms with Crippen molar-refractivity contribution in [3.05, 3.63) is 70.5 Å². The van der Waals surface area contributed by atoms with Gasteiger partial charge in [-0.05, 0) is 24.7 Å². The van der Waals surface area contributed by atoms with Crippen molar-refractivity contribution in [2.45, 2.75) is 19.2 Å². The normalized spacial score (nSPS) is 10.7.